The van der Waals surface area contributed by atoms with Crippen LogP contribution in [0, 0.1) is 11.3 Å². The number of methoxy groups -OCH3 is 1. The van der Waals surface area contributed by atoms with E-state index in [1.807, 2.05) is 0 Å². The minimum absolute atomic E-state index is 0.0438. The Morgan fingerprint density at radius 2 is 2.14 bits per heavy atom. The molecule has 0 aliphatic heterocycles. The Morgan fingerprint density at radius 1 is 1.38 bits per heavy atom. The molecule has 21 heavy (non-hydrogen) atoms. The Bertz CT molecular complexity index is 544. The average Bonchev–Trinajstić information content (AvgIpc) is 2.47. The molecule has 0 amide bonds. The SMILES string of the molecule is C=CCc1cc(C(C)=O)c(OC)cc1OCCCCC#N. The molecule has 0 N–H and O–H groups in total. The average molecular weight is 287 g/mol. The Labute approximate surface area is 126 Å². The topological polar surface area (TPSA) is 59.3 Å². The molecule has 0 aromatic heterocycles. The standard InChI is InChI=1S/C17H21NO3/c1-4-8-14-11-15(13(2)19)17(20-3)12-16(14)21-10-7-5-6-9-18/h4,11-12H,1,5-8,10H2,2-3H3. The van der Waals surface area contributed by atoms with Gasteiger partial charge < -0.3 is 9.47 Å². The van der Waals surface area contributed by atoms with Crippen LogP contribution in [0.1, 0.15) is 42.1 Å². The van der Waals surface area contributed by atoms with E-state index in [4.69, 9.17) is 14.7 Å². The van der Waals surface area contributed by atoms with Crippen molar-refractivity contribution in [2.24, 2.45) is 0 Å². The molecule has 0 radical (unpaired) electrons. The number of nitrogens with zero attached hydrogens (tertiary/aromatic N) is 1. The Hall–Kier alpha value is -2.28. The third kappa shape index (κ3) is 4.96. The molecule has 0 aliphatic rings. The van der Waals surface area contributed by atoms with Crippen LogP contribution in [0.5, 0.6) is 11.5 Å². The van der Waals surface area contributed by atoms with E-state index >= 15 is 0 Å². The van der Waals surface area contributed by atoms with E-state index in [-0.39, 0.29) is 5.78 Å². The van der Waals surface area contributed by atoms with Gasteiger partial charge in [-0.3, -0.25) is 4.79 Å². The molecule has 0 aliphatic carbocycles. The first-order chi connectivity index (χ1) is 10.1. The maximum atomic E-state index is 11.6. The lowest BCUT2D eigenvalue weighted by atomic mass is 10.0. The lowest BCUT2D eigenvalue weighted by Crippen LogP contribution is -2.04. The second kappa shape index (κ2) is 8.80. The van der Waals surface area contributed by atoms with Gasteiger partial charge in [-0.15, -0.1) is 6.58 Å². The number of Topliss-reactive ketones (excluding diaryl/α,β-unsaturated/α-hetero) is 1. The van der Waals surface area contributed by atoms with Crippen molar-refractivity contribution in [3.05, 3.63) is 35.9 Å². The van der Waals surface area contributed by atoms with Crippen LogP contribution in [0.15, 0.2) is 24.8 Å². The van der Waals surface area contributed by atoms with Crippen molar-refractivity contribution in [1.82, 2.24) is 0 Å². The van der Waals surface area contributed by atoms with Gasteiger partial charge in [0.15, 0.2) is 5.78 Å². The number of ketones is 1. The van der Waals surface area contributed by atoms with Gasteiger partial charge in [0, 0.05) is 12.5 Å². The zero-order valence-electron chi connectivity index (χ0n) is 12.6. The molecular formula is C17H21NO3. The maximum absolute atomic E-state index is 11.6. The Kier molecular flexibility index (Phi) is 7.03. The number of benzene rings is 1. The summed E-state index contributed by atoms with van der Waals surface area (Å²) in [5, 5.41) is 8.50. The lowest BCUT2D eigenvalue weighted by Gasteiger charge is -2.14. The van der Waals surface area contributed by atoms with Gasteiger partial charge in [0.1, 0.15) is 11.5 Å². The fourth-order valence-electron chi connectivity index (χ4n) is 1.99. The van der Waals surface area contributed by atoms with Crippen LogP contribution in [-0.2, 0) is 6.42 Å². The van der Waals surface area contributed by atoms with E-state index in [2.05, 4.69) is 12.6 Å². The van der Waals surface area contributed by atoms with Crippen LogP contribution in [0.3, 0.4) is 0 Å². The second-order valence-electron chi connectivity index (χ2n) is 4.67. The summed E-state index contributed by atoms with van der Waals surface area (Å²) in [6.45, 7) is 5.78. The summed E-state index contributed by atoms with van der Waals surface area (Å²) in [6.07, 6.45) is 4.56. The molecule has 0 heterocycles. The van der Waals surface area contributed by atoms with Gasteiger partial charge in [0.05, 0.1) is 25.3 Å². The number of ether oxygens (including phenoxy) is 2. The molecule has 4 heteroatoms. The number of allylic oxidation sites excluding steroid dienone is 1. The fourth-order valence-corrected chi connectivity index (χ4v) is 1.99. The number of rotatable bonds is 9. The van der Waals surface area contributed by atoms with Gasteiger partial charge in [-0.2, -0.15) is 5.26 Å². The van der Waals surface area contributed by atoms with Crippen LogP contribution < -0.4 is 9.47 Å². The zero-order valence-corrected chi connectivity index (χ0v) is 12.6. The van der Waals surface area contributed by atoms with Crippen molar-refractivity contribution in [1.29, 1.82) is 5.26 Å². The van der Waals surface area contributed by atoms with E-state index in [0.717, 1.165) is 18.4 Å². The minimum Gasteiger partial charge on any atom is -0.496 e. The molecule has 0 atom stereocenters. The van der Waals surface area contributed by atoms with Crippen LogP contribution in [0.2, 0.25) is 0 Å². The quantitative estimate of drug-likeness (QED) is 0.395. The van der Waals surface area contributed by atoms with Crippen molar-refractivity contribution in [2.75, 3.05) is 13.7 Å². The third-order valence-electron chi connectivity index (χ3n) is 3.07. The molecular weight excluding hydrogens is 266 g/mol. The highest BCUT2D eigenvalue weighted by Crippen LogP contribution is 2.30. The van der Waals surface area contributed by atoms with Crippen LogP contribution >= 0.6 is 0 Å². The molecule has 0 bridgehead atoms. The molecule has 0 fully saturated rings. The number of unbranched alkanes of at least 4 members (excludes halogenated alkanes) is 2. The Morgan fingerprint density at radius 3 is 2.71 bits per heavy atom. The molecule has 1 aromatic carbocycles. The highest BCUT2D eigenvalue weighted by Gasteiger charge is 2.14. The van der Waals surface area contributed by atoms with Gasteiger partial charge >= 0.3 is 0 Å². The van der Waals surface area contributed by atoms with Crippen LogP contribution in [0.4, 0.5) is 0 Å². The normalized spacial score (nSPS) is 9.76. The monoisotopic (exact) mass is 287 g/mol. The van der Waals surface area contributed by atoms with Gasteiger partial charge in [-0.1, -0.05) is 6.08 Å². The maximum Gasteiger partial charge on any atom is 0.163 e. The van der Waals surface area contributed by atoms with E-state index < -0.39 is 0 Å². The first-order valence-corrected chi connectivity index (χ1v) is 6.96. The summed E-state index contributed by atoms with van der Waals surface area (Å²) in [7, 11) is 1.53. The minimum atomic E-state index is -0.0438. The summed E-state index contributed by atoms with van der Waals surface area (Å²) in [5.41, 5.74) is 1.46. The van der Waals surface area contributed by atoms with Crippen LogP contribution in [-0.4, -0.2) is 19.5 Å². The van der Waals surface area contributed by atoms with Crippen molar-refractivity contribution >= 4 is 5.78 Å². The van der Waals surface area contributed by atoms with Gasteiger partial charge in [0.2, 0.25) is 0 Å². The molecule has 4 nitrogen and oxygen atoms in total. The highest BCUT2D eigenvalue weighted by molar-refractivity contribution is 5.97. The van der Waals surface area contributed by atoms with Crippen LogP contribution in [0.25, 0.3) is 0 Å². The number of nitriles is 1. The third-order valence-corrected chi connectivity index (χ3v) is 3.07. The van der Waals surface area contributed by atoms with E-state index in [1.165, 1.54) is 14.0 Å². The summed E-state index contributed by atoms with van der Waals surface area (Å²) in [6, 6.07) is 5.66. The summed E-state index contributed by atoms with van der Waals surface area (Å²) >= 11 is 0. The van der Waals surface area contributed by atoms with Gasteiger partial charge in [0.25, 0.3) is 0 Å². The smallest absolute Gasteiger partial charge is 0.163 e. The molecule has 1 aromatic rings. The molecule has 0 unspecified atom stereocenters. The number of carbonyl (C=O) groups is 1. The van der Waals surface area contributed by atoms with Crippen molar-refractivity contribution in [2.45, 2.75) is 32.6 Å². The second-order valence-corrected chi connectivity index (χ2v) is 4.67. The Balaban J connectivity index is 2.92. The predicted octanol–water partition coefficient (Wildman–Crippen LogP) is 3.70. The summed E-state index contributed by atoms with van der Waals surface area (Å²) in [4.78, 5) is 11.6. The first kappa shape index (κ1) is 16.8. The first-order valence-electron chi connectivity index (χ1n) is 6.96. The fraction of sp³-hybridized carbons (Fsp3) is 0.412. The van der Waals surface area contributed by atoms with Crippen molar-refractivity contribution < 1.29 is 14.3 Å². The molecule has 1 rings (SSSR count). The van der Waals surface area contributed by atoms with Gasteiger partial charge in [-0.05, 0) is 37.8 Å². The summed E-state index contributed by atoms with van der Waals surface area (Å²) in [5.74, 6) is 1.17. The summed E-state index contributed by atoms with van der Waals surface area (Å²) < 4.78 is 11.0. The molecule has 112 valence electrons. The van der Waals surface area contributed by atoms with Gasteiger partial charge in [-0.25, -0.2) is 0 Å². The highest BCUT2D eigenvalue weighted by atomic mass is 16.5. The van der Waals surface area contributed by atoms with Crippen molar-refractivity contribution in [3.8, 4) is 17.6 Å². The molecule has 0 saturated heterocycles. The number of carbonyl (C=O) groups excluding carboxylic acids is 1. The lowest BCUT2D eigenvalue weighted by molar-refractivity contribution is 0.101. The van der Waals surface area contributed by atoms with Crippen molar-refractivity contribution in [3.63, 3.8) is 0 Å². The van der Waals surface area contributed by atoms with E-state index in [9.17, 15) is 4.79 Å². The van der Waals surface area contributed by atoms with E-state index in [0.29, 0.717) is 36.5 Å². The predicted molar refractivity (Wildman–Crippen MR) is 81.9 cm³/mol. The molecule has 0 spiro atoms. The largest absolute Gasteiger partial charge is 0.496 e. The zero-order chi connectivity index (χ0) is 15.7. The number of hydrogen-bond donors (Lipinski definition) is 0. The molecule has 0 saturated carbocycles. The van der Waals surface area contributed by atoms with E-state index in [1.54, 1.807) is 18.2 Å². The number of hydrogen-bond acceptors (Lipinski definition) is 4.